The molecule has 3 heteroatoms. The van der Waals surface area contributed by atoms with Crippen molar-refractivity contribution in [3.63, 3.8) is 0 Å². The van der Waals surface area contributed by atoms with E-state index in [9.17, 15) is 4.79 Å². The first kappa shape index (κ1) is 21.2. The van der Waals surface area contributed by atoms with Crippen LogP contribution in [0.5, 0.6) is 0 Å². The van der Waals surface area contributed by atoms with Crippen LogP contribution in [0.4, 0.5) is 0 Å². The molecular weight excluding hydrogens is 274 g/mol. The van der Waals surface area contributed by atoms with E-state index in [0.717, 1.165) is 17.6 Å². The maximum absolute atomic E-state index is 11.3. The van der Waals surface area contributed by atoms with E-state index in [2.05, 4.69) is 27.6 Å². The maximum Gasteiger partial charge on any atom is 0.333 e. The number of esters is 1. The zero-order valence-corrected chi connectivity index (χ0v) is 15.5. The average Bonchev–Trinajstić information content (AvgIpc) is 2.45. The van der Waals surface area contributed by atoms with Crippen molar-refractivity contribution in [2.24, 2.45) is 0 Å². The number of unbranched alkanes of at least 4 members (excludes halogenated alkanes) is 8. The van der Waals surface area contributed by atoms with Crippen LogP contribution in [0.2, 0.25) is 0 Å². The highest BCUT2D eigenvalue weighted by Crippen LogP contribution is 2.11. The number of hydrogen-bond acceptors (Lipinski definition) is 2. The van der Waals surface area contributed by atoms with Crippen LogP contribution in [0.15, 0.2) is 12.2 Å². The number of quaternary nitrogens is 1. The summed E-state index contributed by atoms with van der Waals surface area (Å²) in [4.78, 5) is 11.3. The Balaban J connectivity index is 3.51. The SMILES string of the molecule is C=C(C)C(=O)OCC[N+](C)(C)CCCCCCCCCCC. The molecule has 0 rings (SSSR count). The predicted octanol–water partition coefficient (Wildman–Crippen LogP) is 4.71. The highest BCUT2D eigenvalue weighted by atomic mass is 16.5. The van der Waals surface area contributed by atoms with E-state index in [1.165, 1.54) is 57.8 Å². The molecule has 0 aromatic carbocycles. The third kappa shape index (κ3) is 12.9. The minimum atomic E-state index is -0.275. The fraction of sp³-hybridized carbons (Fsp3) is 0.842. The third-order valence-corrected chi connectivity index (χ3v) is 4.15. The first-order valence-electron chi connectivity index (χ1n) is 9.03. The van der Waals surface area contributed by atoms with Crippen molar-refractivity contribution in [3.05, 3.63) is 12.2 Å². The summed E-state index contributed by atoms with van der Waals surface area (Å²) in [7, 11) is 4.42. The topological polar surface area (TPSA) is 26.3 Å². The lowest BCUT2D eigenvalue weighted by Gasteiger charge is -2.29. The zero-order valence-electron chi connectivity index (χ0n) is 15.5. The summed E-state index contributed by atoms with van der Waals surface area (Å²) >= 11 is 0. The van der Waals surface area contributed by atoms with Gasteiger partial charge in [-0.05, 0) is 19.8 Å². The smallest absolute Gasteiger partial charge is 0.333 e. The van der Waals surface area contributed by atoms with E-state index >= 15 is 0 Å². The van der Waals surface area contributed by atoms with Crippen molar-refractivity contribution in [1.82, 2.24) is 0 Å². The van der Waals surface area contributed by atoms with Crippen LogP contribution in [0, 0.1) is 0 Å². The largest absolute Gasteiger partial charge is 0.456 e. The van der Waals surface area contributed by atoms with Crippen molar-refractivity contribution in [3.8, 4) is 0 Å². The molecule has 22 heavy (non-hydrogen) atoms. The van der Waals surface area contributed by atoms with Crippen LogP contribution in [0.25, 0.3) is 0 Å². The predicted molar refractivity (Wildman–Crippen MR) is 94.8 cm³/mol. The molecule has 3 nitrogen and oxygen atoms in total. The van der Waals surface area contributed by atoms with Crippen LogP contribution in [0.3, 0.4) is 0 Å². The van der Waals surface area contributed by atoms with Gasteiger partial charge in [-0.1, -0.05) is 58.4 Å². The lowest BCUT2D eigenvalue weighted by Crippen LogP contribution is -2.43. The quantitative estimate of drug-likeness (QED) is 0.201. The molecule has 0 aromatic heterocycles. The lowest BCUT2D eigenvalue weighted by atomic mass is 10.1. The summed E-state index contributed by atoms with van der Waals surface area (Å²) < 4.78 is 6.09. The third-order valence-electron chi connectivity index (χ3n) is 4.15. The van der Waals surface area contributed by atoms with Gasteiger partial charge in [0.15, 0.2) is 0 Å². The minimum absolute atomic E-state index is 0.275. The van der Waals surface area contributed by atoms with Gasteiger partial charge in [-0.15, -0.1) is 0 Å². The second-order valence-electron chi connectivity index (χ2n) is 7.13. The van der Waals surface area contributed by atoms with E-state index < -0.39 is 0 Å². The molecule has 0 heterocycles. The summed E-state index contributed by atoms with van der Waals surface area (Å²) in [5.41, 5.74) is 0.476. The molecular formula is C19H38NO2+. The van der Waals surface area contributed by atoms with Crippen molar-refractivity contribution in [2.45, 2.75) is 71.6 Å². The molecule has 0 unspecified atom stereocenters. The van der Waals surface area contributed by atoms with Crippen molar-refractivity contribution in [1.29, 1.82) is 0 Å². The number of hydrogen-bond donors (Lipinski definition) is 0. The van der Waals surface area contributed by atoms with Gasteiger partial charge in [0.1, 0.15) is 13.2 Å². The van der Waals surface area contributed by atoms with Gasteiger partial charge in [0, 0.05) is 5.57 Å². The molecule has 0 amide bonds. The van der Waals surface area contributed by atoms with Gasteiger partial charge < -0.3 is 9.22 Å². The zero-order chi connectivity index (χ0) is 16.8. The summed E-state index contributed by atoms with van der Waals surface area (Å²) in [5, 5.41) is 0. The Kier molecular flexibility index (Phi) is 12.2. The maximum atomic E-state index is 11.3. The van der Waals surface area contributed by atoms with E-state index in [4.69, 9.17) is 4.74 Å². The van der Waals surface area contributed by atoms with Gasteiger partial charge in [-0.25, -0.2) is 4.79 Å². The number of carbonyl (C=O) groups is 1. The van der Waals surface area contributed by atoms with Crippen molar-refractivity contribution >= 4 is 5.97 Å². The van der Waals surface area contributed by atoms with Gasteiger partial charge in [0.05, 0.1) is 20.6 Å². The van der Waals surface area contributed by atoms with Crippen LogP contribution < -0.4 is 0 Å². The Morgan fingerprint density at radius 1 is 0.909 bits per heavy atom. The molecule has 0 N–H and O–H groups in total. The molecule has 0 radical (unpaired) electrons. The first-order valence-corrected chi connectivity index (χ1v) is 9.03. The number of carbonyl (C=O) groups excluding carboxylic acids is 1. The Morgan fingerprint density at radius 3 is 1.91 bits per heavy atom. The Hall–Kier alpha value is -0.830. The molecule has 0 saturated heterocycles. The first-order chi connectivity index (χ1) is 10.4. The normalized spacial score (nSPS) is 11.5. The Morgan fingerprint density at radius 2 is 1.41 bits per heavy atom. The molecule has 0 aromatic rings. The van der Waals surface area contributed by atoms with Crippen LogP contribution >= 0.6 is 0 Å². The average molecular weight is 313 g/mol. The highest BCUT2D eigenvalue weighted by molar-refractivity contribution is 5.86. The van der Waals surface area contributed by atoms with Crippen LogP contribution in [0.1, 0.15) is 71.6 Å². The monoisotopic (exact) mass is 312 g/mol. The van der Waals surface area contributed by atoms with E-state index in [1.54, 1.807) is 6.92 Å². The Labute approximate surface area is 138 Å². The molecule has 0 aliphatic carbocycles. The highest BCUT2D eigenvalue weighted by Gasteiger charge is 2.15. The minimum Gasteiger partial charge on any atom is -0.456 e. The molecule has 0 aliphatic heterocycles. The van der Waals surface area contributed by atoms with Crippen molar-refractivity contribution in [2.75, 3.05) is 33.8 Å². The molecule has 0 aliphatic rings. The van der Waals surface area contributed by atoms with Gasteiger partial charge >= 0.3 is 5.97 Å². The van der Waals surface area contributed by atoms with Gasteiger partial charge in [-0.2, -0.15) is 0 Å². The lowest BCUT2D eigenvalue weighted by molar-refractivity contribution is -0.890. The second-order valence-corrected chi connectivity index (χ2v) is 7.13. The van der Waals surface area contributed by atoms with Gasteiger partial charge in [-0.3, -0.25) is 0 Å². The summed E-state index contributed by atoms with van der Waals surface area (Å²) in [6, 6.07) is 0. The molecule has 0 saturated carbocycles. The van der Waals surface area contributed by atoms with Crippen LogP contribution in [-0.2, 0) is 9.53 Å². The van der Waals surface area contributed by atoms with Crippen LogP contribution in [-0.4, -0.2) is 44.2 Å². The van der Waals surface area contributed by atoms with Crippen molar-refractivity contribution < 1.29 is 14.0 Å². The van der Waals surface area contributed by atoms with E-state index in [1.807, 2.05) is 0 Å². The molecule has 0 atom stereocenters. The number of ether oxygens (including phenoxy) is 1. The van der Waals surface area contributed by atoms with E-state index in [-0.39, 0.29) is 5.97 Å². The fourth-order valence-electron chi connectivity index (χ4n) is 2.47. The summed E-state index contributed by atoms with van der Waals surface area (Å²) in [6.45, 7) is 10.0. The molecule has 130 valence electrons. The number of likely N-dealkylation sites (N-methyl/N-ethyl adjacent to an activating group) is 1. The van der Waals surface area contributed by atoms with Gasteiger partial charge in [0.25, 0.3) is 0 Å². The standard InChI is InChI=1S/C19H38NO2/c1-6-7-8-9-10-11-12-13-14-15-20(4,5)16-17-22-19(21)18(2)3/h2,6-17H2,1,3-5H3/q+1. The summed E-state index contributed by atoms with van der Waals surface area (Å²) in [6.07, 6.45) is 12.2. The number of rotatable bonds is 14. The van der Waals surface area contributed by atoms with Gasteiger partial charge in [0.2, 0.25) is 0 Å². The number of nitrogens with zero attached hydrogens (tertiary/aromatic N) is 1. The second kappa shape index (κ2) is 12.7. The van der Waals surface area contributed by atoms with E-state index in [0.29, 0.717) is 12.2 Å². The molecule has 0 fully saturated rings. The molecule has 0 spiro atoms. The fourth-order valence-corrected chi connectivity index (χ4v) is 2.47. The summed E-state index contributed by atoms with van der Waals surface area (Å²) in [5.74, 6) is -0.275. The Bertz CT molecular complexity index is 311. The molecule has 0 bridgehead atoms.